The van der Waals surface area contributed by atoms with Gasteiger partial charge >= 0.3 is 0 Å². The number of hydrogen-bond donors (Lipinski definition) is 2. The highest BCUT2D eigenvalue weighted by atomic mass is 16.2. The number of carbonyl (C=O) groups excluding carboxylic acids is 1. The highest BCUT2D eigenvalue weighted by Gasteiger charge is 2.42. The number of imidazole rings is 1. The third kappa shape index (κ3) is 4.35. The van der Waals surface area contributed by atoms with Gasteiger partial charge in [-0.2, -0.15) is 0 Å². The van der Waals surface area contributed by atoms with Crippen LogP contribution in [0.25, 0.3) is 11.0 Å². The van der Waals surface area contributed by atoms with E-state index in [-0.39, 0.29) is 11.9 Å². The summed E-state index contributed by atoms with van der Waals surface area (Å²) in [5.41, 5.74) is 9.35. The first-order chi connectivity index (χ1) is 17.5. The van der Waals surface area contributed by atoms with Crippen molar-refractivity contribution in [3.63, 3.8) is 0 Å². The summed E-state index contributed by atoms with van der Waals surface area (Å²) in [7, 11) is 0. The lowest BCUT2D eigenvalue weighted by molar-refractivity contribution is -0.127. The molecule has 2 aliphatic heterocycles. The minimum atomic E-state index is -0.699. The number of nitrogens with zero attached hydrogens (tertiary/aromatic N) is 3. The maximum Gasteiger partial charge on any atom is 0.240 e. The molecule has 2 aromatic carbocycles. The Morgan fingerprint density at radius 3 is 2.42 bits per heavy atom. The summed E-state index contributed by atoms with van der Waals surface area (Å²) in [5, 5.41) is 3.36. The lowest BCUT2D eigenvalue weighted by atomic mass is 9.94. The van der Waals surface area contributed by atoms with E-state index in [0.717, 1.165) is 50.0 Å². The van der Waals surface area contributed by atoms with Crippen LogP contribution >= 0.6 is 0 Å². The van der Waals surface area contributed by atoms with Crippen LogP contribution < -0.4 is 11.1 Å². The number of amides is 1. The standard InChI is InChI=1S/C30H39N5O/c1-21-32-27-11-5-6-12-28(27)35(21)25-19-23-13-14-24(20-25)34(23)18-15-26(22-9-3-2-4-10-22)33-29(36)30(31)16-7-8-17-30/h2-6,9-12,23-26H,7-8,13-20,31H2,1H3,(H,33,36)/t23-,24+,25?,26-/m0/s1. The van der Waals surface area contributed by atoms with Crippen LogP contribution in [0.3, 0.4) is 0 Å². The quantitative estimate of drug-likeness (QED) is 0.492. The van der Waals surface area contributed by atoms with Gasteiger partial charge in [0, 0.05) is 24.7 Å². The summed E-state index contributed by atoms with van der Waals surface area (Å²) in [6, 6.07) is 20.7. The Labute approximate surface area is 214 Å². The predicted octanol–water partition coefficient (Wildman–Crippen LogP) is 5.03. The number of piperidine rings is 1. The van der Waals surface area contributed by atoms with Gasteiger partial charge in [0.2, 0.25) is 5.91 Å². The maximum absolute atomic E-state index is 13.2. The van der Waals surface area contributed by atoms with Gasteiger partial charge in [-0.1, -0.05) is 55.3 Å². The van der Waals surface area contributed by atoms with Gasteiger partial charge in [-0.3, -0.25) is 9.69 Å². The van der Waals surface area contributed by atoms with Crippen molar-refractivity contribution in [1.82, 2.24) is 19.8 Å². The van der Waals surface area contributed by atoms with Gasteiger partial charge in [0.1, 0.15) is 5.82 Å². The van der Waals surface area contributed by atoms with Crippen LogP contribution in [0, 0.1) is 6.92 Å². The van der Waals surface area contributed by atoms with E-state index in [4.69, 9.17) is 10.7 Å². The third-order valence-corrected chi connectivity index (χ3v) is 9.13. The molecule has 3 fully saturated rings. The zero-order valence-electron chi connectivity index (χ0n) is 21.4. The van der Waals surface area contributed by atoms with Gasteiger partial charge in [-0.25, -0.2) is 4.98 Å². The molecule has 36 heavy (non-hydrogen) atoms. The molecule has 0 radical (unpaired) electrons. The zero-order chi connectivity index (χ0) is 24.7. The molecule has 1 amide bonds. The second-order valence-electron chi connectivity index (χ2n) is 11.4. The number of nitrogens with two attached hydrogens (primary N) is 1. The molecule has 1 unspecified atom stereocenters. The molecule has 3 aliphatic rings. The van der Waals surface area contributed by atoms with Crippen molar-refractivity contribution >= 4 is 16.9 Å². The normalized spacial score (nSPS) is 26.3. The first kappa shape index (κ1) is 23.7. The Morgan fingerprint density at radius 1 is 1.03 bits per heavy atom. The van der Waals surface area contributed by atoms with Crippen LogP contribution in [0.2, 0.25) is 0 Å². The van der Waals surface area contributed by atoms with Crippen LogP contribution in [0.15, 0.2) is 54.6 Å². The van der Waals surface area contributed by atoms with Gasteiger partial charge in [0.15, 0.2) is 0 Å². The fourth-order valence-electron chi connectivity index (χ4n) is 7.27. The van der Waals surface area contributed by atoms with Crippen LogP contribution in [-0.4, -0.2) is 44.5 Å². The minimum Gasteiger partial charge on any atom is -0.348 e. The molecule has 3 aromatic rings. The highest BCUT2D eigenvalue weighted by Crippen LogP contribution is 2.42. The van der Waals surface area contributed by atoms with Crippen LogP contribution in [0.1, 0.15) is 81.3 Å². The fourth-order valence-corrected chi connectivity index (χ4v) is 7.27. The van der Waals surface area contributed by atoms with Gasteiger partial charge in [0.05, 0.1) is 22.6 Å². The molecule has 4 atom stereocenters. The Morgan fingerprint density at radius 2 is 1.69 bits per heavy atom. The minimum absolute atomic E-state index is 0.00307. The largest absolute Gasteiger partial charge is 0.348 e. The number of nitrogens with one attached hydrogen (secondary N) is 1. The number of aryl methyl sites for hydroxylation is 1. The van der Waals surface area contributed by atoms with E-state index >= 15 is 0 Å². The van der Waals surface area contributed by atoms with Crippen molar-refractivity contribution in [2.75, 3.05) is 6.54 Å². The van der Waals surface area contributed by atoms with Crippen molar-refractivity contribution in [3.8, 4) is 0 Å². The van der Waals surface area contributed by atoms with E-state index in [0.29, 0.717) is 18.1 Å². The summed E-state index contributed by atoms with van der Waals surface area (Å²) in [5.74, 6) is 1.15. The number of aromatic nitrogens is 2. The summed E-state index contributed by atoms with van der Waals surface area (Å²) in [6.07, 6.45) is 9.46. The molecule has 1 aromatic heterocycles. The molecule has 2 saturated heterocycles. The Bertz CT molecular complexity index is 1200. The Hall–Kier alpha value is -2.70. The molecule has 2 bridgehead atoms. The number of benzene rings is 2. The molecule has 6 nitrogen and oxygen atoms in total. The Kier molecular flexibility index (Phi) is 6.34. The second kappa shape index (κ2) is 9.64. The molecule has 1 aliphatic carbocycles. The van der Waals surface area contributed by atoms with E-state index in [9.17, 15) is 4.79 Å². The topological polar surface area (TPSA) is 76.2 Å². The van der Waals surface area contributed by atoms with Gasteiger partial charge < -0.3 is 15.6 Å². The van der Waals surface area contributed by atoms with Crippen molar-refractivity contribution in [1.29, 1.82) is 0 Å². The number of rotatable bonds is 7. The van der Waals surface area contributed by atoms with Crippen LogP contribution in [-0.2, 0) is 4.79 Å². The number of fused-ring (bicyclic) bond motifs is 3. The second-order valence-corrected chi connectivity index (χ2v) is 11.4. The SMILES string of the molecule is Cc1nc2ccccc2n1C1C[C@H]2CC[C@@H](C1)N2CC[C@H](NC(=O)C1(N)CCCC1)c1ccccc1. The third-order valence-electron chi connectivity index (χ3n) is 9.13. The van der Waals surface area contributed by atoms with E-state index in [1.807, 2.05) is 6.07 Å². The highest BCUT2D eigenvalue weighted by molar-refractivity contribution is 5.86. The predicted molar refractivity (Wildman–Crippen MR) is 144 cm³/mol. The summed E-state index contributed by atoms with van der Waals surface area (Å²) in [6.45, 7) is 3.15. The van der Waals surface area contributed by atoms with E-state index in [2.05, 4.69) is 70.2 Å². The first-order valence-electron chi connectivity index (χ1n) is 13.9. The van der Waals surface area contributed by atoms with Gasteiger partial charge in [-0.15, -0.1) is 0 Å². The number of carbonyl (C=O) groups is 1. The monoisotopic (exact) mass is 485 g/mol. The van der Waals surface area contributed by atoms with Crippen molar-refractivity contribution in [3.05, 3.63) is 66.0 Å². The smallest absolute Gasteiger partial charge is 0.240 e. The average molecular weight is 486 g/mol. The molecule has 0 spiro atoms. The zero-order valence-corrected chi connectivity index (χ0v) is 21.4. The van der Waals surface area contributed by atoms with Crippen molar-refractivity contribution in [2.24, 2.45) is 5.73 Å². The van der Waals surface area contributed by atoms with E-state index < -0.39 is 5.54 Å². The van der Waals surface area contributed by atoms with Crippen molar-refractivity contribution < 1.29 is 4.79 Å². The summed E-state index contributed by atoms with van der Waals surface area (Å²) >= 11 is 0. The van der Waals surface area contributed by atoms with Crippen molar-refractivity contribution in [2.45, 2.75) is 94.4 Å². The molecule has 3 N–H and O–H groups in total. The fraction of sp³-hybridized carbons (Fsp3) is 0.533. The molecule has 3 heterocycles. The van der Waals surface area contributed by atoms with Gasteiger partial charge in [0.25, 0.3) is 0 Å². The Balaban J connectivity index is 1.16. The van der Waals surface area contributed by atoms with Gasteiger partial charge in [-0.05, 0) is 69.6 Å². The number of hydrogen-bond acceptors (Lipinski definition) is 4. The van der Waals surface area contributed by atoms with E-state index in [1.54, 1.807) is 0 Å². The molecule has 1 saturated carbocycles. The van der Waals surface area contributed by atoms with Crippen LogP contribution in [0.4, 0.5) is 0 Å². The first-order valence-corrected chi connectivity index (χ1v) is 13.9. The maximum atomic E-state index is 13.2. The molecular formula is C30H39N5O. The molecular weight excluding hydrogens is 446 g/mol. The lowest BCUT2D eigenvalue weighted by Gasteiger charge is -2.40. The molecule has 190 valence electrons. The summed E-state index contributed by atoms with van der Waals surface area (Å²) < 4.78 is 2.49. The average Bonchev–Trinajstić information content (AvgIpc) is 3.55. The van der Waals surface area contributed by atoms with E-state index in [1.165, 1.54) is 36.8 Å². The van der Waals surface area contributed by atoms with Crippen LogP contribution in [0.5, 0.6) is 0 Å². The molecule has 6 rings (SSSR count). The molecule has 6 heteroatoms. The lowest BCUT2D eigenvalue weighted by Crippen LogP contribution is -2.53. The number of para-hydroxylation sites is 2. The summed E-state index contributed by atoms with van der Waals surface area (Å²) in [4.78, 5) is 20.8.